The first-order valence-corrected chi connectivity index (χ1v) is 7.61. The zero-order valence-corrected chi connectivity index (χ0v) is 13.4. The average Bonchev–Trinajstić information content (AvgIpc) is 3.34. The maximum absolute atomic E-state index is 13.3. The van der Waals surface area contributed by atoms with Crippen LogP contribution in [0.3, 0.4) is 0 Å². The predicted octanol–water partition coefficient (Wildman–Crippen LogP) is 3.76. The molecule has 0 bridgehead atoms. The van der Waals surface area contributed by atoms with Crippen molar-refractivity contribution in [2.75, 3.05) is 19.8 Å². The van der Waals surface area contributed by atoms with Gasteiger partial charge in [-0.25, -0.2) is 4.79 Å². The highest BCUT2D eigenvalue weighted by molar-refractivity contribution is 5.87. The number of carbonyl (C=O) groups excluding carboxylic acids is 1. The van der Waals surface area contributed by atoms with Crippen LogP contribution in [0.25, 0.3) is 6.08 Å². The molecule has 4 nitrogen and oxygen atoms in total. The quantitative estimate of drug-likeness (QED) is 0.429. The summed E-state index contributed by atoms with van der Waals surface area (Å²) in [7, 11) is 0. The first-order valence-electron chi connectivity index (χ1n) is 7.61. The Morgan fingerprint density at radius 2 is 2.17 bits per heavy atom. The maximum Gasteiger partial charge on any atom is 0.416 e. The second-order valence-corrected chi connectivity index (χ2v) is 5.32. The molecule has 0 spiro atoms. The van der Waals surface area contributed by atoms with Crippen molar-refractivity contribution in [3.05, 3.63) is 41.0 Å². The van der Waals surface area contributed by atoms with Gasteiger partial charge in [-0.3, -0.25) is 0 Å². The van der Waals surface area contributed by atoms with Gasteiger partial charge in [-0.15, -0.1) is 0 Å². The molecule has 0 N–H and O–H groups in total. The van der Waals surface area contributed by atoms with Crippen molar-refractivity contribution >= 4 is 12.0 Å². The van der Waals surface area contributed by atoms with Gasteiger partial charge >= 0.3 is 12.1 Å². The fourth-order valence-electron chi connectivity index (χ4n) is 2.22. The number of ether oxygens (including phenoxy) is 3. The summed E-state index contributed by atoms with van der Waals surface area (Å²) < 4.78 is 55.2. The summed E-state index contributed by atoms with van der Waals surface area (Å²) in [6, 6.07) is 3.86. The van der Waals surface area contributed by atoms with Crippen LogP contribution in [0, 0.1) is 0 Å². The minimum absolute atomic E-state index is 0.0109. The van der Waals surface area contributed by atoms with Crippen molar-refractivity contribution in [1.29, 1.82) is 0 Å². The summed E-state index contributed by atoms with van der Waals surface area (Å²) in [6.45, 7) is 4.36. The molecule has 2 atom stereocenters. The van der Waals surface area contributed by atoms with Gasteiger partial charge in [-0.2, -0.15) is 13.2 Å². The molecular weight excluding hydrogens is 325 g/mol. The standard InChI is InChI=1S/C17H19F3O4/c1-3-22-16(21)8-7-14-13(11(2)23-9-12-10-24-12)5-4-6-15(14)17(18,19)20/h4-8,11-12H,3,9-10H2,1-2H3/b8-7+. The molecular formula is C17H19F3O4. The molecule has 0 saturated carbocycles. The third kappa shape index (κ3) is 5.07. The third-order valence-electron chi connectivity index (χ3n) is 3.49. The van der Waals surface area contributed by atoms with E-state index in [1.807, 2.05) is 0 Å². The Labute approximate surface area is 138 Å². The van der Waals surface area contributed by atoms with Crippen LogP contribution in [0.2, 0.25) is 0 Å². The van der Waals surface area contributed by atoms with E-state index >= 15 is 0 Å². The number of epoxide rings is 1. The minimum Gasteiger partial charge on any atom is -0.463 e. The Kier molecular flexibility index (Phi) is 6.01. The van der Waals surface area contributed by atoms with Crippen molar-refractivity contribution in [3.8, 4) is 0 Å². The van der Waals surface area contributed by atoms with Crippen molar-refractivity contribution < 1.29 is 32.2 Å². The number of halogens is 3. The summed E-state index contributed by atoms with van der Waals surface area (Å²) in [5.41, 5.74) is -0.563. The van der Waals surface area contributed by atoms with Gasteiger partial charge in [0.15, 0.2) is 0 Å². The molecule has 132 valence electrons. The van der Waals surface area contributed by atoms with E-state index in [0.717, 1.165) is 18.2 Å². The molecule has 7 heteroatoms. The van der Waals surface area contributed by atoms with Crippen LogP contribution in [-0.4, -0.2) is 31.9 Å². The highest BCUT2D eigenvalue weighted by Gasteiger charge is 2.34. The molecule has 1 aliphatic rings. The van der Waals surface area contributed by atoms with Gasteiger partial charge in [0.25, 0.3) is 0 Å². The Morgan fingerprint density at radius 3 is 2.75 bits per heavy atom. The number of alkyl halides is 3. The van der Waals surface area contributed by atoms with Gasteiger partial charge in [-0.1, -0.05) is 12.1 Å². The van der Waals surface area contributed by atoms with E-state index < -0.39 is 23.8 Å². The Morgan fingerprint density at radius 1 is 1.46 bits per heavy atom. The second kappa shape index (κ2) is 7.81. The van der Waals surface area contributed by atoms with Gasteiger partial charge in [-0.05, 0) is 37.1 Å². The SMILES string of the molecule is CCOC(=O)/C=C/c1c(C(C)OCC2CO2)cccc1C(F)(F)F. The van der Waals surface area contributed by atoms with E-state index in [9.17, 15) is 18.0 Å². The van der Waals surface area contributed by atoms with Crippen LogP contribution >= 0.6 is 0 Å². The molecule has 0 aromatic heterocycles. The lowest BCUT2D eigenvalue weighted by Crippen LogP contribution is -2.13. The van der Waals surface area contributed by atoms with E-state index in [4.69, 9.17) is 14.2 Å². The molecule has 1 heterocycles. The largest absolute Gasteiger partial charge is 0.463 e. The molecule has 2 rings (SSSR count). The van der Waals surface area contributed by atoms with Gasteiger partial charge in [0.1, 0.15) is 6.10 Å². The van der Waals surface area contributed by atoms with E-state index in [1.165, 1.54) is 6.07 Å². The smallest absolute Gasteiger partial charge is 0.416 e. The number of benzene rings is 1. The van der Waals surface area contributed by atoms with Crippen molar-refractivity contribution in [1.82, 2.24) is 0 Å². The second-order valence-electron chi connectivity index (χ2n) is 5.32. The van der Waals surface area contributed by atoms with Crippen LogP contribution in [-0.2, 0) is 25.2 Å². The zero-order valence-electron chi connectivity index (χ0n) is 13.4. The van der Waals surface area contributed by atoms with Crippen molar-refractivity contribution in [2.45, 2.75) is 32.2 Å². The lowest BCUT2D eigenvalue weighted by molar-refractivity contribution is -0.138. The average molecular weight is 344 g/mol. The van der Waals surface area contributed by atoms with Crippen molar-refractivity contribution in [3.63, 3.8) is 0 Å². The lowest BCUT2D eigenvalue weighted by Gasteiger charge is -2.19. The summed E-state index contributed by atoms with van der Waals surface area (Å²) in [5, 5.41) is 0. The normalized spacial score (nSPS) is 18.6. The van der Waals surface area contributed by atoms with Crippen LogP contribution in [0.15, 0.2) is 24.3 Å². The monoisotopic (exact) mass is 344 g/mol. The number of hydrogen-bond acceptors (Lipinski definition) is 4. The van der Waals surface area contributed by atoms with Gasteiger partial charge < -0.3 is 14.2 Å². The summed E-state index contributed by atoms with van der Waals surface area (Å²) in [4.78, 5) is 11.4. The highest BCUT2D eigenvalue weighted by atomic mass is 19.4. The molecule has 1 aromatic rings. The maximum atomic E-state index is 13.3. The first-order chi connectivity index (χ1) is 11.3. The van der Waals surface area contributed by atoms with Gasteiger partial charge in [0, 0.05) is 6.08 Å². The topological polar surface area (TPSA) is 48.1 Å². The highest BCUT2D eigenvalue weighted by Crippen LogP contribution is 2.36. The lowest BCUT2D eigenvalue weighted by atomic mass is 9.96. The van der Waals surface area contributed by atoms with Gasteiger partial charge in [0.05, 0.1) is 31.5 Å². The molecule has 0 aliphatic carbocycles. The number of rotatable bonds is 7. The predicted molar refractivity (Wildman–Crippen MR) is 81.2 cm³/mol. The molecule has 1 aliphatic heterocycles. The Bertz CT molecular complexity index is 606. The third-order valence-corrected chi connectivity index (χ3v) is 3.49. The van der Waals surface area contributed by atoms with E-state index in [1.54, 1.807) is 19.9 Å². The Hall–Kier alpha value is -1.86. The molecule has 1 fully saturated rings. The Balaban J connectivity index is 2.31. The van der Waals surface area contributed by atoms with E-state index in [-0.39, 0.29) is 18.3 Å². The van der Waals surface area contributed by atoms with Gasteiger partial charge in [0.2, 0.25) is 0 Å². The molecule has 2 unspecified atom stereocenters. The molecule has 1 saturated heterocycles. The fourth-order valence-corrected chi connectivity index (χ4v) is 2.22. The summed E-state index contributed by atoms with van der Waals surface area (Å²) in [5.74, 6) is -0.694. The number of hydrogen-bond donors (Lipinski definition) is 0. The van der Waals surface area contributed by atoms with Crippen LogP contribution in [0.5, 0.6) is 0 Å². The number of esters is 1. The minimum atomic E-state index is -4.54. The summed E-state index contributed by atoms with van der Waals surface area (Å²) >= 11 is 0. The van der Waals surface area contributed by atoms with E-state index in [0.29, 0.717) is 18.8 Å². The molecule has 0 radical (unpaired) electrons. The van der Waals surface area contributed by atoms with Crippen LogP contribution in [0.4, 0.5) is 13.2 Å². The van der Waals surface area contributed by atoms with Crippen LogP contribution in [0.1, 0.15) is 36.6 Å². The van der Waals surface area contributed by atoms with E-state index in [2.05, 4.69) is 0 Å². The molecule has 1 aromatic carbocycles. The summed E-state index contributed by atoms with van der Waals surface area (Å²) in [6.07, 6.45) is -2.98. The van der Waals surface area contributed by atoms with Crippen LogP contribution < -0.4 is 0 Å². The molecule has 0 amide bonds. The number of carbonyl (C=O) groups is 1. The van der Waals surface area contributed by atoms with Crippen molar-refractivity contribution in [2.24, 2.45) is 0 Å². The fraction of sp³-hybridized carbons (Fsp3) is 0.471. The first kappa shape index (κ1) is 18.5. The zero-order chi connectivity index (χ0) is 17.7. The molecule has 24 heavy (non-hydrogen) atoms.